The van der Waals surface area contributed by atoms with E-state index < -0.39 is 9.84 Å². The highest BCUT2D eigenvalue weighted by molar-refractivity contribution is 9.10. The fraction of sp³-hybridized carbons (Fsp3) is 0.100. The summed E-state index contributed by atoms with van der Waals surface area (Å²) in [5, 5.41) is -0.384. The Balaban J connectivity index is 2.07. The molecule has 0 spiro atoms. The molecule has 1 heterocycles. The van der Waals surface area contributed by atoms with E-state index in [1.807, 2.05) is 6.07 Å². The minimum Gasteiger partial charge on any atom is -0.488 e. The summed E-state index contributed by atoms with van der Waals surface area (Å²) in [5.41, 5.74) is 5.24. The molecule has 0 aliphatic carbocycles. The Kier molecular flexibility index (Phi) is 3.21. The van der Waals surface area contributed by atoms with Crippen LogP contribution in [0, 0.1) is 0 Å². The van der Waals surface area contributed by atoms with E-state index in [1.165, 1.54) is 6.20 Å². The Labute approximate surface area is 107 Å². The number of sulfone groups is 1. The summed E-state index contributed by atoms with van der Waals surface area (Å²) in [6, 6.07) is 7.12. The molecule has 5 nitrogen and oxygen atoms in total. The molecule has 0 amide bonds. The second-order valence-electron chi connectivity index (χ2n) is 3.31. The van der Waals surface area contributed by atoms with Crippen molar-refractivity contribution in [1.82, 2.24) is 0 Å². The van der Waals surface area contributed by atoms with Gasteiger partial charge < -0.3 is 10.5 Å². The Bertz CT molecular complexity index is 608. The maximum Gasteiger partial charge on any atom is 0.240 e. The average molecular weight is 317 g/mol. The molecule has 0 fully saturated rings. The summed E-state index contributed by atoms with van der Waals surface area (Å²) in [4.78, 5) is 3.62. The maximum atomic E-state index is 11.6. The summed E-state index contributed by atoms with van der Waals surface area (Å²) in [6.07, 6.45) is 1.21. The highest BCUT2D eigenvalue weighted by Gasteiger charge is 2.27. The van der Waals surface area contributed by atoms with Crippen molar-refractivity contribution in [2.75, 3.05) is 6.61 Å². The van der Waals surface area contributed by atoms with Crippen molar-refractivity contribution in [2.45, 2.75) is 0 Å². The molecule has 7 heteroatoms. The van der Waals surface area contributed by atoms with E-state index in [4.69, 9.17) is 10.5 Å². The number of benzene rings is 1. The predicted molar refractivity (Wildman–Crippen MR) is 68.3 cm³/mol. The summed E-state index contributed by atoms with van der Waals surface area (Å²) < 4.78 is 29.3. The third-order valence-electron chi connectivity index (χ3n) is 2.13. The van der Waals surface area contributed by atoms with Crippen LogP contribution >= 0.6 is 15.9 Å². The summed E-state index contributed by atoms with van der Waals surface area (Å²) >= 11 is 3.29. The normalized spacial score (nSPS) is 17.5. The van der Waals surface area contributed by atoms with Gasteiger partial charge in [0.05, 0.1) is 0 Å². The van der Waals surface area contributed by atoms with Crippen LogP contribution in [0.3, 0.4) is 0 Å². The van der Waals surface area contributed by atoms with Crippen LogP contribution in [0.5, 0.6) is 5.75 Å². The van der Waals surface area contributed by atoms with Crippen LogP contribution in [-0.4, -0.2) is 20.2 Å². The fourth-order valence-electron chi connectivity index (χ4n) is 1.23. The number of aliphatic imine (C=N–C) groups is 1. The van der Waals surface area contributed by atoms with Gasteiger partial charge in [-0.05, 0) is 18.2 Å². The molecular formula is C10H9BrN2O3S. The SMILES string of the molecule is NC1=NC=C(COc2cccc(Br)c2)S1(=O)=O. The van der Waals surface area contributed by atoms with Gasteiger partial charge in [0.25, 0.3) is 0 Å². The van der Waals surface area contributed by atoms with E-state index in [-0.39, 0.29) is 16.7 Å². The Morgan fingerprint density at radius 1 is 1.41 bits per heavy atom. The molecule has 0 atom stereocenters. The zero-order valence-corrected chi connectivity index (χ0v) is 11.0. The van der Waals surface area contributed by atoms with Gasteiger partial charge in [0.15, 0.2) is 0 Å². The minimum absolute atomic E-state index is 0.0648. The van der Waals surface area contributed by atoms with Crippen LogP contribution in [-0.2, 0) is 9.84 Å². The molecule has 0 unspecified atom stereocenters. The number of hydrogen-bond donors (Lipinski definition) is 1. The van der Waals surface area contributed by atoms with E-state index in [9.17, 15) is 8.42 Å². The second kappa shape index (κ2) is 4.50. The summed E-state index contributed by atoms with van der Waals surface area (Å²) in [7, 11) is -3.59. The molecule has 0 bridgehead atoms. The number of hydrogen-bond acceptors (Lipinski definition) is 5. The first-order valence-electron chi connectivity index (χ1n) is 4.66. The lowest BCUT2D eigenvalue weighted by atomic mass is 10.3. The van der Waals surface area contributed by atoms with Gasteiger partial charge in [-0.1, -0.05) is 22.0 Å². The van der Waals surface area contributed by atoms with Gasteiger partial charge in [-0.3, -0.25) is 0 Å². The van der Waals surface area contributed by atoms with Crippen molar-refractivity contribution in [3.8, 4) is 5.75 Å². The number of ether oxygens (including phenoxy) is 1. The second-order valence-corrected chi connectivity index (χ2v) is 6.18. The number of amidine groups is 1. The molecule has 0 saturated carbocycles. The summed E-state index contributed by atoms with van der Waals surface area (Å²) in [5.74, 6) is 0.570. The third kappa shape index (κ3) is 2.50. The largest absolute Gasteiger partial charge is 0.488 e. The van der Waals surface area contributed by atoms with Crippen molar-refractivity contribution in [1.29, 1.82) is 0 Å². The molecule has 0 radical (unpaired) electrons. The minimum atomic E-state index is -3.59. The van der Waals surface area contributed by atoms with E-state index in [0.29, 0.717) is 5.75 Å². The molecule has 1 aliphatic heterocycles. The molecule has 1 aliphatic rings. The first-order valence-corrected chi connectivity index (χ1v) is 6.93. The molecule has 2 rings (SSSR count). The van der Waals surface area contributed by atoms with E-state index in [0.717, 1.165) is 4.47 Å². The quantitative estimate of drug-likeness (QED) is 0.914. The molecule has 90 valence electrons. The Morgan fingerprint density at radius 3 is 2.76 bits per heavy atom. The predicted octanol–water partition coefficient (Wildman–Crippen LogP) is 1.41. The van der Waals surface area contributed by atoms with Crippen LogP contribution in [0.15, 0.2) is 44.8 Å². The zero-order valence-electron chi connectivity index (χ0n) is 8.63. The van der Waals surface area contributed by atoms with Crippen molar-refractivity contribution < 1.29 is 13.2 Å². The van der Waals surface area contributed by atoms with E-state index in [2.05, 4.69) is 20.9 Å². The highest BCUT2D eigenvalue weighted by atomic mass is 79.9. The van der Waals surface area contributed by atoms with Crippen LogP contribution in [0.4, 0.5) is 0 Å². The number of nitrogens with two attached hydrogens (primary N) is 1. The lowest BCUT2D eigenvalue weighted by Gasteiger charge is -2.06. The van der Waals surface area contributed by atoms with Gasteiger partial charge >= 0.3 is 0 Å². The zero-order chi connectivity index (χ0) is 12.5. The smallest absolute Gasteiger partial charge is 0.240 e. The molecule has 1 aromatic carbocycles. The molecule has 2 N–H and O–H groups in total. The number of nitrogens with zero attached hydrogens (tertiary/aromatic N) is 1. The first kappa shape index (κ1) is 12.1. The van der Waals surface area contributed by atoms with Crippen molar-refractivity contribution in [2.24, 2.45) is 10.7 Å². The van der Waals surface area contributed by atoms with Crippen LogP contribution in [0.2, 0.25) is 0 Å². The van der Waals surface area contributed by atoms with E-state index in [1.54, 1.807) is 18.2 Å². The van der Waals surface area contributed by atoms with Gasteiger partial charge in [-0.25, -0.2) is 13.4 Å². The highest BCUT2D eigenvalue weighted by Crippen LogP contribution is 2.20. The van der Waals surface area contributed by atoms with Gasteiger partial charge in [0.1, 0.15) is 17.3 Å². The third-order valence-corrected chi connectivity index (χ3v) is 4.20. The van der Waals surface area contributed by atoms with Gasteiger partial charge in [0.2, 0.25) is 15.0 Å². The molecule has 0 aromatic heterocycles. The lowest BCUT2D eigenvalue weighted by molar-refractivity contribution is 0.358. The average Bonchev–Trinajstić information content (AvgIpc) is 2.52. The number of halogens is 1. The van der Waals surface area contributed by atoms with Gasteiger partial charge in [0, 0.05) is 10.7 Å². The molecule has 1 aromatic rings. The van der Waals surface area contributed by atoms with E-state index >= 15 is 0 Å². The molecule has 0 saturated heterocycles. The topological polar surface area (TPSA) is 81.8 Å². The maximum absolute atomic E-state index is 11.6. The standard InChI is InChI=1S/C10H9BrN2O3S/c11-7-2-1-3-8(4-7)16-6-9-5-13-10(12)17(9,14)15/h1-5H,6H2,(H2,12,13). The van der Waals surface area contributed by atoms with Crippen molar-refractivity contribution in [3.63, 3.8) is 0 Å². The fourth-order valence-corrected chi connectivity index (χ4v) is 2.48. The Morgan fingerprint density at radius 2 is 2.18 bits per heavy atom. The van der Waals surface area contributed by atoms with Crippen LogP contribution in [0.25, 0.3) is 0 Å². The van der Waals surface area contributed by atoms with Gasteiger partial charge in [-0.15, -0.1) is 0 Å². The van der Waals surface area contributed by atoms with Crippen LogP contribution in [0.1, 0.15) is 0 Å². The van der Waals surface area contributed by atoms with Crippen molar-refractivity contribution >= 4 is 30.9 Å². The molecular weight excluding hydrogens is 308 g/mol. The lowest BCUT2D eigenvalue weighted by Crippen LogP contribution is -2.23. The Hall–Kier alpha value is -1.34. The van der Waals surface area contributed by atoms with Gasteiger partial charge in [-0.2, -0.15) is 0 Å². The number of rotatable bonds is 3. The molecule has 17 heavy (non-hydrogen) atoms. The first-order chi connectivity index (χ1) is 8.00. The summed E-state index contributed by atoms with van der Waals surface area (Å²) in [6.45, 7) is -0.0804. The van der Waals surface area contributed by atoms with Crippen molar-refractivity contribution in [3.05, 3.63) is 39.8 Å². The monoisotopic (exact) mass is 316 g/mol. The van der Waals surface area contributed by atoms with Crippen LogP contribution < -0.4 is 10.5 Å².